The van der Waals surface area contributed by atoms with Crippen molar-refractivity contribution in [3.8, 4) is 5.75 Å². The molecule has 1 aromatic heterocycles. The molecule has 1 amide bonds. The molecule has 142 valence electrons. The third-order valence-corrected chi connectivity index (χ3v) is 4.15. The topological polar surface area (TPSA) is 98.6 Å². The number of aryl methyl sites for hydroxylation is 1. The molecule has 26 heavy (non-hydrogen) atoms. The monoisotopic (exact) mass is 489 g/mol. The second kappa shape index (κ2) is 11.7. The van der Waals surface area contributed by atoms with Crippen molar-refractivity contribution in [3.63, 3.8) is 0 Å². The van der Waals surface area contributed by atoms with Crippen LogP contribution in [-0.2, 0) is 11.2 Å². The molecule has 0 aliphatic heterocycles. The van der Waals surface area contributed by atoms with Crippen LogP contribution in [0, 0.1) is 6.92 Å². The highest BCUT2D eigenvalue weighted by Gasteiger charge is 2.04. The van der Waals surface area contributed by atoms with Crippen molar-refractivity contribution in [1.29, 1.82) is 0 Å². The number of carbonyl (C=O) groups is 1. The minimum Gasteiger partial charge on any atom is -0.508 e. The van der Waals surface area contributed by atoms with E-state index < -0.39 is 0 Å². The van der Waals surface area contributed by atoms with Crippen molar-refractivity contribution < 1.29 is 9.90 Å². The van der Waals surface area contributed by atoms with Gasteiger partial charge in [-0.25, -0.2) is 9.98 Å². The standard InChI is InChI=1S/C17H23N5O2S.HI/c1-3-18-17(19-9-8-16-20-10-12(2)25-16)21-11-15(24)22-13-4-6-14(23)7-5-13;/h4-7,10,23H,3,8-9,11H2,1-2H3,(H,22,24)(H2,18,19,21);1H. The Hall–Kier alpha value is -1.88. The van der Waals surface area contributed by atoms with E-state index in [4.69, 9.17) is 0 Å². The number of hydrogen-bond acceptors (Lipinski definition) is 5. The minimum atomic E-state index is -0.224. The molecule has 0 bridgehead atoms. The summed E-state index contributed by atoms with van der Waals surface area (Å²) in [5, 5.41) is 19.3. The number of halogens is 1. The van der Waals surface area contributed by atoms with Crippen LogP contribution in [0.2, 0.25) is 0 Å². The Morgan fingerprint density at radius 3 is 2.62 bits per heavy atom. The van der Waals surface area contributed by atoms with Gasteiger partial charge in [-0.2, -0.15) is 0 Å². The van der Waals surface area contributed by atoms with Crippen LogP contribution >= 0.6 is 35.3 Å². The molecule has 0 saturated carbocycles. The van der Waals surface area contributed by atoms with E-state index in [1.807, 2.05) is 20.0 Å². The van der Waals surface area contributed by atoms with E-state index in [-0.39, 0.29) is 42.2 Å². The summed E-state index contributed by atoms with van der Waals surface area (Å²) in [5.74, 6) is 0.528. The summed E-state index contributed by atoms with van der Waals surface area (Å²) in [6.07, 6.45) is 2.68. The molecule has 1 heterocycles. The molecule has 0 atom stereocenters. The molecule has 9 heteroatoms. The molecule has 0 fully saturated rings. The number of benzene rings is 1. The van der Waals surface area contributed by atoms with Gasteiger partial charge in [0.2, 0.25) is 5.91 Å². The molecule has 2 rings (SSSR count). The van der Waals surface area contributed by atoms with E-state index in [2.05, 4.69) is 25.9 Å². The molecule has 7 nitrogen and oxygen atoms in total. The van der Waals surface area contributed by atoms with Crippen LogP contribution in [-0.4, -0.2) is 41.6 Å². The molecule has 0 unspecified atom stereocenters. The van der Waals surface area contributed by atoms with Gasteiger partial charge in [-0.3, -0.25) is 4.79 Å². The fraction of sp³-hybridized carbons (Fsp3) is 0.353. The van der Waals surface area contributed by atoms with Gasteiger partial charge in [0.05, 0.1) is 5.01 Å². The Balaban J connectivity index is 0.00000338. The van der Waals surface area contributed by atoms with Gasteiger partial charge in [0.15, 0.2) is 5.96 Å². The van der Waals surface area contributed by atoms with E-state index >= 15 is 0 Å². The normalized spacial score (nSPS) is 10.8. The molecular weight excluding hydrogens is 465 g/mol. The quantitative estimate of drug-likeness (QED) is 0.207. The maximum Gasteiger partial charge on any atom is 0.246 e. The predicted molar refractivity (Wildman–Crippen MR) is 117 cm³/mol. The van der Waals surface area contributed by atoms with E-state index in [0.29, 0.717) is 24.7 Å². The number of rotatable bonds is 7. The SMILES string of the molecule is CCNC(=NCC(=O)Nc1ccc(O)cc1)NCCc1ncc(C)s1.I. The summed E-state index contributed by atoms with van der Waals surface area (Å²) in [4.78, 5) is 21.8. The highest BCUT2D eigenvalue weighted by molar-refractivity contribution is 14.0. The first kappa shape index (κ1) is 22.2. The van der Waals surface area contributed by atoms with E-state index in [1.54, 1.807) is 23.5 Å². The van der Waals surface area contributed by atoms with Crippen LogP contribution in [0.15, 0.2) is 35.5 Å². The fourth-order valence-electron chi connectivity index (χ4n) is 2.04. The number of phenols is 1. The maximum absolute atomic E-state index is 12.0. The Bertz CT molecular complexity index is 718. The predicted octanol–water partition coefficient (Wildman–Crippen LogP) is 2.51. The number of aromatic hydroxyl groups is 1. The van der Waals surface area contributed by atoms with Gasteiger partial charge in [-0.1, -0.05) is 0 Å². The number of nitrogens with zero attached hydrogens (tertiary/aromatic N) is 2. The molecule has 2 aromatic rings. The van der Waals surface area contributed by atoms with Crippen LogP contribution in [0.1, 0.15) is 16.8 Å². The molecule has 0 spiro atoms. The largest absolute Gasteiger partial charge is 0.508 e. The summed E-state index contributed by atoms with van der Waals surface area (Å²) in [5.41, 5.74) is 0.620. The fourth-order valence-corrected chi connectivity index (χ4v) is 2.83. The van der Waals surface area contributed by atoms with Crippen LogP contribution in [0.3, 0.4) is 0 Å². The van der Waals surface area contributed by atoms with Crippen molar-refractivity contribution in [2.24, 2.45) is 4.99 Å². The number of phenolic OH excluding ortho intramolecular Hbond substituents is 1. The first-order valence-corrected chi connectivity index (χ1v) is 8.91. The lowest BCUT2D eigenvalue weighted by Crippen LogP contribution is -2.39. The van der Waals surface area contributed by atoms with E-state index in [9.17, 15) is 9.90 Å². The number of thiazole rings is 1. The zero-order valence-corrected chi connectivity index (χ0v) is 17.9. The van der Waals surface area contributed by atoms with Gasteiger partial charge < -0.3 is 21.1 Å². The second-order valence-electron chi connectivity index (χ2n) is 5.33. The first-order chi connectivity index (χ1) is 12.1. The smallest absolute Gasteiger partial charge is 0.246 e. The Kier molecular flexibility index (Phi) is 9.96. The lowest BCUT2D eigenvalue weighted by Gasteiger charge is -2.10. The van der Waals surface area contributed by atoms with Crippen LogP contribution in [0.5, 0.6) is 5.75 Å². The molecule has 0 saturated heterocycles. The molecule has 1 aromatic carbocycles. The van der Waals surface area contributed by atoms with Crippen molar-refractivity contribution in [1.82, 2.24) is 15.6 Å². The van der Waals surface area contributed by atoms with E-state index in [0.717, 1.165) is 11.4 Å². The molecule has 0 aliphatic carbocycles. The number of anilines is 1. The lowest BCUT2D eigenvalue weighted by atomic mass is 10.3. The third-order valence-electron chi connectivity index (χ3n) is 3.18. The Morgan fingerprint density at radius 2 is 2.00 bits per heavy atom. The molecule has 0 aliphatic rings. The number of aromatic nitrogens is 1. The molecule has 0 radical (unpaired) electrons. The summed E-state index contributed by atoms with van der Waals surface area (Å²) >= 11 is 1.68. The Labute approximate surface area is 174 Å². The van der Waals surface area contributed by atoms with Crippen molar-refractivity contribution in [2.75, 3.05) is 25.0 Å². The summed E-state index contributed by atoms with van der Waals surface area (Å²) in [7, 11) is 0. The highest BCUT2D eigenvalue weighted by atomic mass is 127. The van der Waals surface area contributed by atoms with Gasteiger partial charge in [-0.05, 0) is 38.1 Å². The van der Waals surface area contributed by atoms with Crippen LogP contribution in [0.25, 0.3) is 0 Å². The average molecular weight is 489 g/mol. The van der Waals surface area contributed by atoms with Crippen molar-refractivity contribution >= 4 is 52.9 Å². The van der Waals surface area contributed by atoms with Crippen molar-refractivity contribution in [3.05, 3.63) is 40.3 Å². The zero-order valence-electron chi connectivity index (χ0n) is 14.8. The minimum absolute atomic E-state index is 0. The number of aliphatic imine (C=N–C) groups is 1. The Morgan fingerprint density at radius 1 is 1.27 bits per heavy atom. The summed E-state index contributed by atoms with van der Waals surface area (Å²) < 4.78 is 0. The maximum atomic E-state index is 12.0. The highest BCUT2D eigenvalue weighted by Crippen LogP contribution is 2.13. The van der Waals surface area contributed by atoms with Gasteiger partial charge in [0.25, 0.3) is 0 Å². The number of hydrogen-bond donors (Lipinski definition) is 4. The van der Waals surface area contributed by atoms with Gasteiger partial charge >= 0.3 is 0 Å². The van der Waals surface area contributed by atoms with Gasteiger partial charge in [0, 0.05) is 36.3 Å². The van der Waals surface area contributed by atoms with Crippen LogP contribution in [0.4, 0.5) is 5.69 Å². The second-order valence-corrected chi connectivity index (χ2v) is 6.65. The van der Waals surface area contributed by atoms with Crippen LogP contribution < -0.4 is 16.0 Å². The van der Waals surface area contributed by atoms with Crippen molar-refractivity contribution in [2.45, 2.75) is 20.3 Å². The number of nitrogens with one attached hydrogen (secondary N) is 3. The molecule has 4 N–H and O–H groups in total. The third kappa shape index (κ3) is 8.00. The number of carbonyl (C=O) groups excluding carboxylic acids is 1. The van der Waals surface area contributed by atoms with Gasteiger partial charge in [-0.15, -0.1) is 35.3 Å². The van der Waals surface area contributed by atoms with E-state index in [1.165, 1.54) is 17.0 Å². The first-order valence-electron chi connectivity index (χ1n) is 8.09. The lowest BCUT2D eigenvalue weighted by molar-refractivity contribution is -0.114. The zero-order chi connectivity index (χ0) is 18.1. The number of amides is 1. The molecular formula is C17H24IN5O2S. The summed E-state index contributed by atoms with van der Waals surface area (Å²) in [6, 6.07) is 6.31. The van der Waals surface area contributed by atoms with Gasteiger partial charge in [0.1, 0.15) is 12.3 Å². The summed E-state index contributed by atoms with van der Waals surface area (Å²) in [6.45, 7) is 5.41. The average Bonchev–Trinajstić information content (AvgIpc) is 3.00. The number of guanidine groups is 1.